The van der Waals surface area contributed by atoms with E-state index in [4.69, 9.17) is 10.5 Å². The Hall–Kier alpha value is -1.77. The number of anilines is 1. The molecule has 2 aromatic rings. The monoisotopic (exact) mass is 242 g/mol. The molecule has 0 aliphatic heterocycles. The first kappa shape index (κ1) is 11.3. The van der Waals surface area contributed by atoms with Crippen LogP contribution in [0.15, 0.2) is 30.5 Å². The van der Waals surface area contributed by atoms with Gasteiger partial charge >= 0.3 is 0 Å². The van der Waals surface area contributed by atoms with Gasteiger partial charge in [-0.15, -0.1) is 0 Å². The summed E-state index contributed by atoms with van der Waals surface area (Å²) in [5.74, 6) is 1.77. The van der Waals surface area contributed by atoms with Crippen LogP contribution >= 0.6 is 0 Å². The molecule has 1 aliphatic carbocycles. The molecule has 3 nitrogen and oxygen atoms in total. The molecule has 3 heteroatoms. The predicted molar refractivity (Wildman–Crippen MR) is 73.6 cm³/mol. The van der Waals surface area contributed by atoms with Crippen LogP contribution in [0, 0.1) is 5.92 Å². The Morgan fingerprint density at radius 1 is 1.28 bits per heavy atom. The summed E-state index contributed by atoms with van der Waals surface area (Å²) >= 11 is 0. The topological polar surface area (TPSA) is 48.1 Å². The average molecular weight is 242 g/mol. The van der Waals surface area contributed by atoms with Crippen LogP contribution in [0.5, 0.6) is 5.75 Å². The molecule has 1 fully saturated rings. The van der Waals surface area contributed by atoms with Crippen molar-refractivity contribution >= 4 is 16.6 Å². The third-order valence-electron chi connectivity index (χ3n) is 3.77. The van der Waals surface area contributed by atoms with Crippen LogP contribution in [-0.4, -0.2) is 11.6 Å². The van der Waals surface area contributed by atoms with E-state index in [0.29, 0.717) is 5.69 Å². The molecule has 0 saturated heterocycles. The first-order chi connectivity index (χ1) is 8.84. The minimum Gasteiger partial charge on any atom is -0.493 e. The molecule has 94 valence electrons. The zero-order valence-corrected chi connectivity index (χ0v) is 10.4. The van der Waals surface area contributed by atoms with Crippen LogP contribution in [0.2, 0.25) is 0 Å². The molecule has 0 amide bonds. The number of rotatable bonds is 4. The van der Waals surface area contributed by atoms with Gasteiger partial charge in [-0.1, -0.05) is 19.3 Å². The molecule has 1 aromatic heterocycles. The van der Waals surface area contributed by atoms with E-state index in [1.165, 1.54) is 19.3 Å². The Kier molecular flexibility index (Phi) is 3.05. The van der Waals surface area contributed by atoms with Gasteiger partial charge in [-0.3, -0.25) is 4.98 Å². The largest absolute Gasteiger partial charge is 0.493 e. The van der Waals surface area contributed by atoms with Crippen molar-refractivity contribution in [2.75, 3.05) is 12.3 Å². The quantitative estimate of drug-likeness (QED) is 0.836. The van der Waals surface area contributed by atoms with Crippen LogP contribution in [0.4, 0.5) is 5.69 Å². The Labute approximate surface area is 107 Å². The summed E-state index contributed by atoms with van der Waals surface area (Å²) in [6.45, 7) is 0.790. The van der Waals surface area contributed by atoms with E-state index in [0.717, 1.165) is 35.6 Å². The standard InChI is InChI=1S/C15H18N2O/c16-13-6-7-14(12-5-2-9-17-15(12)13)18-10-8-11-3-1-4-11/h2,5-7,9,11H,1,3-4,8,10,16H2. The molecule has 3 rings (SSSR count). The summed E-state index contributed by atoms with van der Waals surface area (Å²) in [5, 5.41) is 1.01. The molecule has 1 saturated carbocycles. The number of nitrogens with zero attached hydrogens (tertiary/aromatic N) is 1. The maximum Gasteiger partial charge on any atom is 0.128 e. The number of nitrogens with two attached hydrogens (primary N) is 1. The van der Waals surface area contributed by atoms with Gasteiger partial charge < -0.3 is 10.5 Å². The molecule has 0 atom stereocenters. The summed E-state index contributed by atoms with van der Waals surface area (Å²) in [6.07, 6.45) is 7.04. The molecule has 0 radical (unpaired) electrons. The lowest BCUT2D eigenvalue weighted by Crippen LogP contribution is -2.14. The van der Waals surface area contributed by atoms with Crippen LogP contribution in [-0.2, 0) is 0 Å². The highest BCUT2D eigenvalue weighted by molar-refractivity contribution is 5.93. The minimum atomic E-state index is 0.706. The number of hydrogen-bond donors (Lipinski definition) is 1. The van der Waals surface area contributed by atoms with E-state index in [1.54, 1.807) is 6.20 Å². The van der Waals surface area contributed by atoms with Crippen molar-refractivity contribution in [2.45, 2.75) is 25.7 Å². The van der Waals surface area contributed by atoms with E-state index in [1.807, 2.05) is 24.3 Å². The normalized spacial score (nSPS) is 15.6. The zero-order valence-electron chi connectivity index (χ0n) is 10.4. The summed E-state index contributed by atoms with van der Waals surface area (Å²) in [4.78, 5) is 4.31. The molecular formula is C15H18N2O. The van der Waals surface area contributed by atoms with Crippen molar-refractivity contribution < 1.29 is 4.74 Å². The van der Waals surface area contributed by atoms with Crippen molar-refractivity contribution in [2.24, 2.45) is 5.92 Å². The fourth-order valence-corrected chi connectivity index (χ4v) is 2.41. The van der Waals surface area contributed by atoms with Crippen LogP contribution in [0.1, 0.15) is 25.7 Å². The Balaban J connectivity index is 1.76. The second-order valence-electron chi connectivity index (χ2n) is 4.99. The number of aromatic nitrogens is 1. The summed E-state index contributed by atoms with van der Waals surface area (Å²) < 4.78 is 5.89. The number of fused-ring (bicyclic) bond motifs is 1. The second-order valence-corrected chi connectivity index (χ2v) is 4.99. The van der Waals surface area contributed by atoms with Gasteiger partial charge in [-0.2, -0.15) is 0 Å². The molecular weight excluding hydrogens is 224 g/mol. The van der Waals surface area contributed by atoms with Gasteiger partial charge in [0, 0.05) is 11.6 Å². The van der Waals surface area contributed by atoms with Crippen molar-refractivity contribution in [3.8, 4) is 5.75 Å². The SMILES string of the molecule is Nc1ccc(OCCC2CCC2)c2cccnc12. The number of benzene rings is 1. The predicted octanol–water partition coefficient (Wildman–Crippen LogP) is 3.39. The van der Waals surface area contributed by atoms with E-state index in [2.05, 4.69) is 4.98 Å². The molecule has 0 bridgehead atoms. The number of ether oxygens (including phenoxy) is 1. The zero-order chi connectivity index (χ0) is 12.4. The van der Waals surface area contributed by atoms with Gasteiger partial charge in [0.05, 0.1) is 17.8 Å². The molecule has 1 aromatic carbocycles. The molecule has 2 N–H and O–H groups in total. The second kappa shape index (κ2) is 4.84. The van der Waals surface area contributed by atoms with E-state index in [-0.39, 0.29) is 0 Å². The maximum absolute atomic E-state index is 5.91. The summed E-state index contributed by atoms with van der Waals surface area (Å²) in [5.41, 5.74) is 7.45. The van der Waals surface area contributed by atoms with Crippen molar-refractivity contribution in [1.82, 2.24) is 4.98 Å². The van der Waals surface area contributed by atoms with E-state index < -0.39 is 0 Å². The van der Waals surface area contributed by atoms with Crippen LogP contribution in [0.3, 0.4) is 0 Å². The summed E-state index contributed by atoms with van der Waals surface area (Å²) in [6, 6.07) is 7.74. The third-order valence-corrected chi connectivity index (χ3v) is 3.77. The number of pyridine rings is 1. The molecule has 0 unspecified atom stereocenters. The van der Waals surface area contributed by atoms with E-state index >= 15 is 0 Å². The fourth-order valence-electron chi connectivity index (χ4n) is 2.41. The van der Waals surface area contributed by atoms with Crippen LogP contribution in [0.25, 0.3) is 10.9 Å². The van der Waals surface area contributed by atoms with Gasteiger partial charge in [0.1, 0.15) is 5.75 Å². The van der Waals surface area contributed by atoms with E-state index in [9.17, 15) is 0 Å². The maximum atomic E-state index is 5.91. The van der Waals surface area contributed by atoms with Gasteiger partial charge in [0.25, 0.3) is 0 Å². The van der Waals surface area contributed by atoms with Gasteiger partial charge in [0.15, 0.2) is 0 Å². The van der Waals surface area contributed by atoms with Crippen molar-refractivity contribution in [1.29, 1.82) is 0 Å². The lowest BCUT2D eigenvalue weighted by atomic mass is 9.83. The van der Waals surface area contributed by atoms with Crippen LogP contribution < -0.4 is 10.5 Å². The number of hydrogen-bond acceptors (Lipinski definition) is 3. The highest BCUT2D eigenvalue weighted by Gasteiger charge is 2.17. The third kappa shape index (κ3) is 2.13. The van der Waals surface area contributed by atoms with Crippen molar-refractivity contribution in [3.05, 3.63) is 30.5 Å². The van der Waals surface area contributed by atoms with Gasteiger partial charge in [-0.25, -0.2) is 0 Å². The molecule has 1 aliphatic rings. The van der Waals surface area contributed by atoms with Gasteiger partial charge in [0.2, 0.25) is 0 Å². The highest BCUT2D eigenvalue weighted by Crippen LogP contribution is 2.31. The highest BCUT2D eigenvalue weighted by atomic mass is 16.5. The first-order valence-electron chi connectivity index (χ1n) is 6.60. The van der Waals surface area contributed by atoms with Crippen molar-refractivity contribution in [3.63, 3.8) is 0 Å². The average Bonchev–Trinajstić information content (AvgIpc) is 2.35. The Bertz CT molecular complexity index is 549. The number of nitrogen functional groups attached to an aromatic ring is 1. The Morgan fingerprint density at radius 3 is 2.94 bits per heavy atom. The lowest BCUT2D eigenvalue weighted by molar-refractivity contribution is 0.223. The molecule has 0 spiro atoms. The first-order valence-corrected chi connectivity index (χ1v) is 6.60. The fraction of sp³-hybridized carbons (Fsp3) is 0.400. The smallest absolute Gasteiger partial charge is 0.128 e. The van der Waals surface area contributed by atoms with Gasteiger partial charge in [-0.05, 0) is 36.6 Å². The minimum absolute atomic E-state index is 0.706. The lowest BCUT2D eigenvalue weighted by Gasteiger charge is -2.25. The molecule has 18 heavy (non-hydrogen) atoms. The molecule has 1 heterocycles. The Morgan fingerprint density at radius 2 is 2.17 bits per heavy atom. The summed E-state index contributed by atoms with van der Waals surface area (Å²) in [7, 11) is 0.